The Morgan fingerprint density at radius 3 is 2.53 bits per heavy atom. The lowest BCUT2D eigenvalue weighted by molar-refractivity contribution is -0.143. The van der Waals surface area contributed by atoms with Crippen molar-refractivity contribution < 1.29 is 18.8 Å². The number of ether oxygens (including phenoxy) is 2. The minimum atomic E-state index is -0.448. The summed E-state index contributed by atoms with van der Waals surface area (Å²) in [6.45, 7) is 8.75. The second kappa shape index (κ2) is 11.1. The number of benzene rings is 2. The predicted molar refractivity (Wildman–Crippen MR) is 146 cm³/mol. The first-order chi connectivity index (χ1) is 17.2. The minimum Gasteiger partial charge on any atom is -0.474 e. The van der Waals surface area contributed by atoms with Crippen LogP contribution in [0.4, 0.5) is 0 Å². The number of aromatic nitrogens is 1. The van der Waals surface area contributed by atoms with Crippen LogP contribution in [0.3, 0.4) is 0 Å². The number of aryl methyl sites for hydroxylation is 1. The van der Waals surface area contributed by atoms with Gasteiger partial charge in [0.05, 0.1) is 18.2 Å². The summed E-state index contributed by atoms with van der Waals surface area (Å²) in [5, 5.41) is 5.44. The summed E-state index contributed by atoms with van der Waals surface area (Å²) < 4.78 is 17.0. The molecule has 1 saturated carbocycles. The number of halogens is 1. The molecule has 194 valence electrons. The maximum Gasteiger partial charge on any atom is 0.316 e. The lowest BCUT2D eigenvalue weighted by Crippen LogP contribution is -2.21. The minimum absolute atomic E-state index is 0.129. The number of fused-ring (bicyclic) bond motifs is 1. The van der Waals surface area contributed by atoms with Crippen molar-refractivity contribution in [1.82, 2.24) is 5.16 Å². The molecule has 1 fully saturated rings. The SMILES string of the molecule is CCCc1c(OC(Cl)CCSc2ccc(C3(C(=O)OC)CC3)cc2)ccc2c(CC(C)(C)C)noc12. The van der Waals surface area contributed by atoms with E-state index in [-0.39, 0.29) is 11.4 Å². The number of carbonyl (C=O) groups excluding carboxylic acids is 1. The molecule has 0 N–H and O–H groups in total. The lowest BCUT2D eigenvalue weighted by atomic mass is 9.89. The van der Waals surface area contributed by atoms with Crippen molar-refractivity contribution in [3.8, 4) is 5.75 Å². The molecule has 1 aliphatic carbocycles. The van der Waals surface area contributed by atoms with E-state index in [0.29, 0.717) is 6.42 Å². The van der Waals surface area contributed by atoms with E-state index in [0.717, 1.165) is 76.3 Å². The summed E-state index contributed by atoms with van der Waals surface area (Å²) in [5.74, 6) is 1.45. The Morgan fingerprint density at radius 2 is 1.92 bits per heavy atom. The number of hydrogen-bond acceptors (Lipinski definition) is 6. The van der Waals surface area contributed by atoms with Gasteiger partial charge in [-0.2, -0.15) is 0 Å². The van der Waals surface area contributed by atoms with E-state index in [1.807, 2.05) is 24.3 Å². The fraction of sp³-hybridized carbons (Fsp3) is 0.517. The Kier molecular flexibility index (Phi) is 8.25. The number of esters is 1. The molecule has 0 aliphatic heterocycles. The van der Waals surface area contributed by atoms with E-state index >= 15 is 0 Å². The molecular weight excluding hydrogens is 494 g/mol. The number of carbonyl (C=O) groups is 1. The summed E-state index contributed by atoms with van der Waals surface area (Å²) in [6, 6.07) is 12.3. The highest BCUT2D eigenvalue weighted by atomic mass is 35.5. The van der Waals surface area contributed by atoms with Gasteiger partial charge in [0.2, 0.25) is 0 Å². The van der Waals surface area contributed by atoms with Crippen LogP contribution in [0, 0.1) is 5.41 Å². The third-order valence-electron chi connectivity index (χ3n) is 6.57. The number of hydrogen-bond donors (Lipinski definition) is 0. The average molecular weight is 530 g/mol. The average Bonchev–Trinajstić information content (AvgIpc) is 3.56. The molecule has 0 amide bonds. The Balaban J connectivity index is 1.36. The van der Waals surface area contributed by atoms with Gasteiger partial charge < -0.3 is 14.0 Å². The summed E-state index contributed by atoms with van der Waals surface area (Å²) >= 11 is 8.34. The van der Waals surface area contributed by atoms with Gasteiger partial charge in [-0.15, -0.1) is 11.8 Å². The standard InChI is InChI=1S/C29H36ClNO4S/c1-6-7-22-24(13-12-21-23(18-28(2,3)4)31-35-26(21)22)34-25(30)14-17-36-20-10-8-19(9-11-20)29(15-16-29)27(32)33-5/h8-13,25H,6-7,14-18H2,1-5H3. The first-order valence-electron chi connectivity index (χ1n) is 12.7. The summed E-state index contributed by atoms with van der Waals surface area (Å²) in [4.78, 5) is 13.2. The number of methoxy groups -OCH3 is 1. The third kappa shape index (κ3) is 6.03. The highest BCUT2D eigenvalue weighted by molar-refractivity contribution is 7.99. The van der Waals surface area contributed by atoms with Crippen LogP contribution < -0.4 is 4.74 Å². The monoisotopic (exact) mass is 529 g/mol. The predicted octanol–water partition coefficient (Wildman–Crippen LogP) is 7.70. The molecule has 1 unspecified atom stereocenters. The molecule has 1 atom stereocenters. The Labute approximate surface area is 223 Å². The summed E-state index contributed by atoms with van der Waals surface area (Å²) in [7, 11) is 1.45. The van der Waals surface area contributed by atoms with Gasteiger partial charge in [-0.1, -0.05) is 63.0 Å². The number of thioether (sulfide) groups is 1. The van der Waals surface area contributed by atoms with Crippen LogP contribution in [0.1, 0.15) is 70.2 Å². The number of nitrogens with zero attached hydrogens (tertiary/aromatic N) is 1. The number of alkyl halides is 1. The van der Waals surface area contributed by atoms with E-state index in [4.69, 9.17) is 25.6 Å². The summed E-state index contributed by atoms with van der Waals surface area (Å²) in [5.41, 5.74) is 3.13. The molecule has 1 aliphatic rings. The highest BCUT2D eigenvalue weighted by Gasteiger charge is 2.52. The molecule has 4 rings (SSSR count). The van der Waals surface area contributed by atoms with Crippen molar-refractivity contribution in [2.75, 3.05) is 12.9 Å². The fourth-order valence-corrected chi connectivity index (χ4v) is 5.82. The fourth-order valence-electron chi connectivity index (χ4n) is 4.59. The topological polar surface area (TPSA) is 61.6 Å². The van der Waals surface area contributed by atoms with Gasteiger partial charge in [-0.3, -0.25) is 4.79 Å². The molecular formula is C29H36ClNO4S. The van der Waals surface area contributed by atoms with Crippen LogP contribution in [-0.2, 0) is 27.8 Å². The van der Waals surface area contributed by atoms with Gasteiger partial charge in [0.15, 0.2) is 11.1 Å². The van der Waals surface area contributed by atoms with Gasteiger partial charge >= 0.3 is 5.97 Å². The molecule has 1 heterocycles. The van der Waals surface area contributed by atoms with Crippen molar-refractivity contribution >= 4 is 40.3 Å². The van der Waals surface area contributed by atoms with E-state index in [1.54, 1.807) is 11.8 Å². The molecule has 5 nitrogen and oxygen atoms in total. The largest absolute Gasteiger partial charge is 0.474 e. The van der Waals surface area contributed by atoms with E-state index in [2.05, 4.69) is 45.0 Å². The molecule has 0 saturated heterocycles. The van der Waals surface area contributed by atoms with Crippen molar-refractivity contribution in [2.45, 2.75) is 82.1 Å². The molecule has 3 aromatic rings. The number of rotatable bonds is 11. The van der Waals surface area contributed by atoms with E-state index in [9.17, 15) is 4.79 Å². The van der Waals surface area contributed by atoms with Crippen LogP contribution in [0.2, 0.25) is 0 Å². The van der Waals surface area contributed by atoms with Crippen LogP contribution in [0.15, 0.2) is 45.8 Å². The maximum absolute atomic E-state index is 12.1. The van der Waals surface area contributed by atoms with Crippen LogP contribution in [0.5, 0.6) is 5.75 Å². The van der Waals surface area contributed by atoms with Gasteiger partial charge in [0.1, 0.15) is 5.75 Å². The van der Waals surface area contributed by atoms with Crippen LogP contribution in [0.25, 0.3) is 11.0 Å². The molecule has 36 heavy (non-hydrogen) atoms. The molecule has 7 heteroatoms. The smallest absolute Gasteiger partial charge is 0.316 e. The maximum atomic E-state index is 12.1. The lowest BCUT2D eigenvalue weighted by Gasteiger charge is -2.17. The molecule has 0 spiro atoms. The second-order valence-electron chi connectivity index (χ2n) is 10.8. The van der Waals surface area contributed by atoms with Crippen LogP contribution in [-0.4, -0.2) is 29.6 Å². The van der Waals surface area contributed by atoms with Crippen molar-refractivity contribution in [3.63, 3.8) is 0 Å². The zero-order chi connectivity index (χ0) is 25.9. The van der Waals surface area contributed by atoms with Gasteiger partial charge in [-0.05, 0) is 60.9 Å². The highest BCUT2D eigenvalue weighted by Crippen LogP contribution is 2.49. The van der Waals surface area contributed by atoms with Crippen molar-refractivity contribution in [2.24, 2.45) is 5.41 Å². The molecule has 0 radical (unpaired) electrons. The molecule has 1 aromatic heterocycles. The normalized spacial score (nSPS) is 15.6. The van der Waals surface area contributed by atoms with E-state index in [1.165, 1.54) is 7.11 Å². The first kappa shape index (κ1) is 26.9. The zero-order valence-corrected chi connectivity index (χ0v) is 23.4. The quantitative estimate of drug-likeness (QED) is 0.144. The van der Waals surface area contributed by atoms with Crippen LogP contribution >= 0.6 is 23.4 Å². The second-order valence-corrected chi connectivity index (χ2v) is 12.5. The van der Waals surface area contributed by atoms with Gasteiger partial charge in [0, 0.05) is 28.0 Å². The first-order valence-corrected chi connectivity index (χ1v) is 14.1. The Hall–Kier alpha value is -2.18. The third-order valence-corrected chi connectivity index (χ3v) is 7.93. The van der Waals surface area contributed by atoms with E-state index < -0.39 is 11.0 Å². The van der Waals surface area contributed by atoms with Gasteiger partial charge in [-0.25, -0.2) is 0 Å². The zero-order valence-electron chi connectivity index (χ0n) is 21.9. The Bertz CT molecular complexity index is 1190. The van der Waals surface area contributed by atoms with Crippen molar-refractivity contribution in [3.05, 3.63) is 53.2 Å². The molecule has 0 bridgehead atoms. The van der Waals surface area contributed by atoms with Gasteiger partial charge in [0.25, 0.3) is 0 Å². The van der Waals surface area contributed by atoms with Crippen molar-refractivity contribution in [1.29, 1.82) is 0 Å². The summed E-state index contributed by atoms with van der Waals surface area (Å²) in [6.07, 6.45) is 5.07. The Morgan fingerprint density at radius 1 is 1.19 bits per heavy atom. The molecule has 2 aromatic carbocycles.